The Bertz CT molecular complexity index is 934. The average Bonchev–Trinajstić information content (AvgIpc) is 3.30. The van der Waals surface area contributed by atoms with Crippen molar-refractivity contribution in [2.45, 2.75) is 19.3 Å². The maximum absolute atomic E-state index is 12.6. The molecule has 2 N–H and O–H groups in total. The molecule has 10 heteroatoms. The summed E-state index contributed by atoms with van der Waals surface area (Å²) in [4.78, 5) is 12.6. The monoisotopic (exact) mass is 394 g/mol. The van der Waals surface area contributed by atoms with Crippen LogP contribution in [-0.4, -0.2) is 44.4 Å². The molecule has 0 bridgehead atoms. The van der Waals surface area contributed by atoms with Crippen LogP contribution in [-0.2, 0) is 0 Å². The van der Waals surface area contributed by atoms with Gasteiger partial charge in [0.05, 0.1) is 18.5 Å². The van der Waals surface area contributed by atoms with E-state index in [2.05, 4.69) is 15.2 Å². The van der Waals surface area contributed by atoms with Crippen molar-refractivity contribution in [1.29, 1.82) is 0 Å². The number of aliphatic hydroxyl groups excluding tert-OH is 1. The van der Waals surface area contributed by atoms with E-state index in [1.807, 2.05) is 0 Å². The van der Waals surface area contributed by atoms with Gasteiger partial charge in [0, 0.05) is 18.4 Å². The van der Waals surface area contributed by atoms with Crippen molar-refractivity contribution >= 4 is 5.91 Å². The highest BCUT2D eigenvalue weighted by atomic mass is 19.4. The number of hydrogen-bond donors (Lipinski definition) is 2. The minimum absolute atomic E-state index is 0.223. The summed E-state index contributed by atoms with van der Waals surface area (Å²) in [5.74, 6) is -0.397. The van der Waals surface area contributed by atoms with Crippen LogP contribution in [0.2, 0.25) is 0 Å². The first kappa shape index (κ1) is 19.5. The van der Waals surface area contributed by atoms with E-state index < -0.39 is 18.3 Å². The molecule has 28 heavy (non-hydrogen) atoms. The molecule has 0 fully saturated rings. The molecule has 1 amide bonds. The first-order chi connectivity index (χ1) is 13.3. The van der Waals surface area contributed by atoms with Gasteiger partial charge in [-0.15, -0.1) is 13.2 Å². The molecule has 7 nitrogen and oxygen atoms in total. The average molecular weight is 394 g/mol. The van der Waals surface area contributed by atoms with Crippen LogP contribution >= 0.6 is 0 Å². The minimum atomic E-state index is -4.78. The lowest BCUT2D eigenvalue weighted by molar-refractivity contribution is -0.274. The van der Waals surface area contributed by atoms with Crippen molar-refractivity contribution in [3.8, 4) is 17.3 Å². The zero-order valence-corrected chi connectivity index (χ0v) is 14.7. The predicted molar refractivity (Wildman–Crippen MR) is 93.6 cm³/mol. The topological polar surface area (TPSA) is 81.3 Å². The molecule has 0 spiro atoms. The Hall–Kier alpha value is -3.27. The molecule has 3 rings (SSSR count). The number of halogens is 3. The lowest BCUT2D eigenvalue weighted by atomic mass is 10.2. The zero-order valence-electron chi connectivity index (χ0n) is 14.7. The second kappa shape index (κ2) is 7.77. The van der Waals surface area contributed by atoms with Crippen LogP contribution in [0.3, 0.4) is 0 Å². The van der Waals surface area contributed by atoms with Gasteiger partial charge >= 0.3 is 6.36 Å². The van der Waals surface area contributed by atoms with Gasteiger partial charge in [0.15, 0.2) is 5.82 Å². The summed E-state index contributed by atoms with van der Waals surface area (Å²) < 4.78 is 44.0. The van der Waals surface area contributed by atoms with E-state index in [9.17, 15) is 18.0 Å². The van der Waals surface area contributed by atoms with Gasteiger partial charge in [0.2, 0.25) is 0 Å². The predicted octanol–water partition coefficient (Wildman–Crippen LogP) is 2.67. The maximum atomic E-state index is 12.6. The molecule has 3 aromatic rings. The second-order valence-corrected chi connectivity index (χ2v) is 5.98. The smallest absolute Gasteiger partial charge is 0.406 e. The van der Waals surface area contributed by atoms with Crippen molar-refractivity contribution in [2.75, 3.05) is 6.61 Å². The summed E-state index contributed by atoms with van der Waals surface area (Å²) in [6, 6.07) is 8.20. The molecule has 2 heterocycles. The summed E-state index contributed by atoms with van der Waals surface area (Å²) in [6.45, 7) is 1.43. The van der Waals surface area contributed by atoms with Crippen molar-refractivity contribution < 1.29 is 27.8 Å². The van der Waals surface area contributed by atoms with E-state index in [1.54, 1.807) is 36.0 Å². The molecule has 0 aliphatic carbocycles. The van der Waals surface area contributed by atoms with Gasteiger partial charge in [-0.25, -0.2) is 4.68 Å². The molecule has 1 unspecified atom stereocenters. The van der Waals surface area contributed by atoms with Crippen LogP contribution in [0, 0.1) is 0 Å². The summed E-state index contributed by atoms with van der Waals surface area (Å²) >= 11 is 0. The quantitative estimate of drug-likeness (QED) is 0.674. The first-order valence-corrected chi connectivity index (χ1v) is 8.28. The number of benzene rings is 1. The molecule has 1 aromatic carbocycles. The summed E-state index contributed by atoms with van der Waals surface area (Å²) in [5.41, 5.74) is 0.680. The Balaban J connectivity index is 1.99. The third-order valence-corrected chi connectivity index (χ3v) is 3.80. The van der Waals surface area contributed by atoms with Crippen LogP contribution in [0.5, 0.6) is 5.75 Å². The highest BCUT2D eigenvalue weighted by Gasteiger charge is 2.31. The lowest BCUT2D eigenvalue weighted by Crippen LogP contribution is -2.35. The summed E-state index contributed by atoms with van der Waals surface area (Å²) in [6.07, 6.45) is -0.00510. The van der Waals surface area contributed by atoms with E-state index in [-0.39, 0.29) is 17.9 Å². The van der Waals surface area contributed by atoms with E-state index in [0.717, 1.165) is 12.1 Å². The molecular formula is C18H17F3N4O3. The largest absolute Gasteiger partial charge is 0.573 e. The maximum Gasteiger partial charge on any atom is 0.573 e. The number of rotatable bonds is 6. The van der Waals surface area contributed by atoms with E-state index >= 15 is 0 Å². The van der Waals surface area contributed by atoms with Crippen molar-refractivity contribution in [1.82, 2.24) is 19.7 Å². The highest BCUT2D eigenvalue weighted by Crippen LogP contribution is 2.25. The fourth-order valence-electron chi connectivity index (χ4n) is 2.55. The zero-order chi connectivity index (χ0) is 20.3. The van der Waals surface area contributed by atoms with Crippen molar-refractivity contribution in [2.24, 2.45) is 0 Å². The molecule has 1 atom stereocenters. The minimum Gasteiger partial charge on any atom is -0.406 e. The van der Waals surface area contributed by atoms with Gasteiger partial charge in [-0.1, -0.05) is 0 Å². The number of ether oxygens (including phenoxy) is 1. The number of carbonyl (C=O) groups is 1. The molecule has 0 saturated heterocycles. The summed E-state index contributed by atoms with van der Waals surface area (Å²) in [5, 5.41) is 16.0. The normalized spacial score (nSPS) is 12.6. The van der Waals surface area contributed by atoms with E-state index in [1.165, 1.54) is 23.0 Å². The highest BCUT2D eigenvalue weighted by molar-refractivity contribution is 5.97. The van der Waals surface area contributed by atoms with Crippen LogP contribution in [0.1, 0.15) is 17.3 Å². The molecule has 0 aliphatic heterocycles. The fourth-order valence-corrected chi connectivity index (χ4v) is 2.55. The molecule has 0 radical (unpaired) electrons. The Labute approximate surface area is 158 Å². The fraction of sp³-hybridized carbons (Fsp3) is 0.222. The van der Waals surface area contributed by atoms with Gasteiger partial charge in [0.25, 0.3) is 5.91 Å². The summed E-state index contributed by atoms with van der Waals surface area (Å²) in [7, 11) is 0. The Kier molecular flexibility index (Phi) is 5.41. The Morgan fingerprint density at radius 3 is 2.46 bits per heavy atom. The molecule has 0 aliphatic rings. The molecule has 0 saturated carbocycles. The first-order valence-electron chi connectivity index (χ1n) is 8.28. The van der Waals surface area contributed by atoms with Gasteiger partial charge in [0.1, 0.15) is 11.3 Å². The lowest BCUT2D eigenvalue weighted by Gasteiger charge is -2.14. The molecule has 2 aromatic heterocycles. The molecule has 148 valence electrons. The number of nitrogens with one attached hydrogen (secondary N) is 1. The van der Waals surface area contributed by atoms with E-state index in [4.69, 9.17) is 5.11 Å². The van der Waals surface area contributed by atoms with Gasteiger partial charge in [-0.3, -0.25) is 4.79 Å². The van der Waals surface area contributed by atoms with Crippen molar-refractivity contribution in [3.63, 3.8) is 0 Å². The van der Waals surface area contributed by atoms with Crippen LogP contribution < -0.4 is 10.1 Å². The number of aliphatic hydroxyl groups is 1. The number of hydrogen-bond acceptors (Lipinski definition) is 4. The van der Waals surface area contributed by atoms with E-state index in [0.29, 0.717) is 11.5 Å². The second-order valence-electron chi connectivity index (χ2n) is 5.98. The van der Waals surface area contributed by atoms with Crippen LogP contribution in [0.15, 0.2) is 55.0 Å². The molecular weight excluding hydrogens is 377 g/mol. The van der Waals surface area contributed by atoms with Gasteiger partial charge < -0.3 is 19.7 Å². The van der Waals surface area contributed by atoms with Gasteiger partial charge in [-0.2, -0.15) is 5.10 Å². The van der Waals surface area contributed by atoms with Crippen LogP contribution in [0.25, 0.3) is 11.5 Å². The van der Waals surface area contributed by atoms with Crippen molar-refractivity contribution in [3.05, 3.63) is 60.6 Å². The number of aromatic nitrogens is 3. The number of alkyl halides is 3. The number of carbonyl (C=O) groups excluding carboxylic acids is 1. The standard InChI is InChI=1S/C18H17F3N4O3/c1-12(11-26)23-16(27)15-10-22-25(17(15)24-8-2-3-9-24)13-4-6-14(7-5-13)28-18(19,20)21/h2-10,12,26H,11H2,1H3,(H,23,27). The van der Waals surface area contributed by atoms with Crippen LogP contribution in [0.4, 0.5) is 13.2 Å². The number of nitrogens with zero attached hydrogens (tertiary/aromatic N) is 3. The van der Waals surface area contributed by atoms with Gasteiger partial charge in [-0.05, 0) is 43.3 Å². The Morgan fingerprint density at radius 1 is 1.25 bits per heavy atom. The third-order valence-electron chi connectivity index (χ3n) is 3.80. The number of amides is 1. The third kappa shape index (κ3) is 4.34. The Morgan fingerprint density at radius 2 is 1.89 bits per heavy atom. The SMILES string of the molecule is CC(CO)NC(=O)c1cnn(-c2ccc(OC(F)(F)F)cc2)c1-n1cccc1.